The number of amides is 2. The van der Waals surface area contributed by atoms with Gasteiger partial charge < -0.3 is 19.7 Å². The van der Waals surface area contributed by atoms with Crippen molar-refractivity contribution in [1.82, 2.24) is 10.2 Å². The van der Waals surface area contributed by atoms with Crippen molar-refractivity contribution in [1.29, 1.82) is 0 Å². The van der Waals surface area contributed by atoms with Gasteiger partial charge in [0, 0.05) is 25.2 Å². The third kappa shape index (κ3) is 6.94. The fraction of sp³-hybridized carbons (Fsp3) is 0.579. The molecule has 0 radical (unpaired) electrons. The summed E-state index contributed by atoms with van der Waals surface area (Å²) in [5.41, 5.74) is -0.415. The molecule has 0 saturated carbocycles. The molecule has 0 spiro atoms. The number of alkyl halides is 3. The van der Waals surface area contributed by atoms with Crippen LogP contribution in [0.25, 0.3) is 0 Å². The molecule has 1 unspecified atom stereocenters. The number of hydrogen-bond acceptors (Lipinski definition) is 4. The van der Waals surface area contributed by atoms with Crippen molar-refractivity contribution in [2.45, 2.75) is 52.1 Å². The number of carbonyl (C=O) groups excluding carboxylic acids is 2. The Bertz CT molecular complexity index is 701. The normalized spacial score (nSPS) is 17.8. The van der Waals surface area contributed by atoms with Crippen LogP contribution >= 0.6 is 0 Å². The largest absolute Gasteiger partial charge is 0.573 e. The number of nitrogens with one attached hydrogen (secondary N) is 1. The van der Waals surface area contributed by atoms with Crippen LogP contribution in [-0.4, -0.2) is 42.0 Å². The van der Waals surface area contributed by atoms with Crippen LogP contribution in [0.3, 0.4) is 0 Å². The van der Waals surface area contributed by atoms with E-state index in [1.807, 2.05) is 0 Å². The summed E-state index contributed by atoms with van der Waals surface area (Å²) in [7, 11) is 0. The topological polar surface area (TPSA) is 67.9 Å². The molecule has 1 N–H and O–H groups in total. The van der Waals surface area contributed by atoms with E-state index < -0.39 is 24.0 Å². The minimum absolute atomic E-state index is 0.103. The molecule has 1 aliphatic rings. The van der Waals surface area contributed by atoms with Crippen molar-refractivity contribution in [3.63, 3.8) is 0 Å². The van der Waals surface area contributed by atoms with Gasteiger partial charge in [-0.15, -0.1) is 13.2 Å². The molecule has 1 fully saturated rings. The summed E-state index contributed by atoms with van der Waals surface area (Å²) in [5, 5.41) is 2.64. The fourth-order valence-electron chi connectivity index (χ4n) is 2.88. The second-order valence-electron chi connectivity index (χ2n) is 7.64. The van der Waals surface area contributed by atoms with E-state index in [2.05, 4.69) is 10.1 Å². The molecule has 0 aliphatic carbocycles. The number of halogens is 3. The Morgan fingerprint density at radius 1 is 1.21 bits per heavy atom. The summed E-state index contributed by atoms with van der Waals surface area (Å²) < 4.78 is 46.8. The molecule has 2 rings (SSSR count). The zero-order chi connectivity index (χ0) is 20.9. The number of benzene rings is 1. The van der Waals surface area contributed by atoms with E-state index in [0.717, 1.165) is 0 Å². The number of carbonyl (C=O) groups is 2. The van der Waals surface area contributed by atoms with Crippen molar-refractivity contribution < 1.29 is 32.2 Å². The number of piperidine rings is 1. The van der Waals surface area contributed by atoms with Crippen LogP contribution in [0, 0.1) is 5.92 Å². The average molecular weight is 402 g/mol. The Morgan fingerprint density at radius 3 is 2.54 bits per heavy atom. The zero-order valence-corrected chi connectivity index (χ0v) is 16.1. The molecule has 1 saturated heterocycles. The van der Waals surface area contributed by atoms with E-state index in [-0.39, 0.29) is 30.3 Å². The van der Waals surface area contributed by atoms with Gasteiger partial charge in [0.25, 0.3) is 0 Å². The zero-order valence-electron chi connectivity index (χ0n) is 16.1. The third-order valence-electron chi connectivity index (χ3n) is 4.10. The molecule has 28 heavy (non-hydrogen) atoms. The highest BCUT2D eigenvalue weighted by molar-refractivity contribution is 5.80. The van der Waals surface area contributed by atoms with E-state index in [1.165, 1.54) is 23.1 Å². The van der Waals surface area contributed by atoms with Crippen LogP contribution in [-0.2, 0) is 16.1 Å². The summed E-state index contributed by atoms with van der Waals surface area (Å²) in [6.07, 6.45) is -4.05. The lowest BCUT2D eigenvalue weighted by atomic mass is 9.97. The third-order valence-corrected chi connectivity index (χ3v) is 4.10. The Balaban J connectivity index is 1.94. The Labute approximate surface area is 162 Å². The van der Waals surface area contributed by atoms with Gasteiger partial charge in [-0.2, -0.15) is 0 Å². The monoisotopic (exact) mass is 402 g/mol. The highest BCUT2D eigenvalue weighted by Crippen LogP contribution is 2.26. The lowest BCUT2D eigenvalue weighted by Crippen LogP contribution is -2.46. The predicted molar refractivity (Wildman–Crippen MR) is 95.5 cm³/mol. The summed E-state index contributed by atoms with van der Waals surface area (Å²) >= 11 is 0. The van der Waals surface area contributed by atoms with Gasteiger partial charge in [-0.25, -0.2) is 4.79 Å². The van der Waals surface area contributed by atoms with Gasteiger partial charge in [0.2, 0.25) is 5.91 Å². The molecule has 156 valence electrons. The molecule has 1 atom stereocenters. The first kappa shape index (κ1) is 21.8. The van der Waals surface area contributed by atoms with Gasteiger partial charge in [-0.3, -0.25) is 4.79 Å². The van der Waals surface area contributed by atoms with Crippen LogP contribution in [0.1, 0.15) is 39.2 Å². The van der Waals surface area contributed by atoms with Crippen LogP contribution in [0.15, 0.2) is 24.3 Å². The Morgan fingerprint density at radius 2 is 1.89 bits per heavy atom. The molecule has 0 aromatic heterocycles. The molecule has 1 aliphatic heterocycles. The first-order valence-corrected chi connectivity index (χ1v) is 9.04. The smallest absolute Gasteiger partial charge is 0.444 e. The molecule has 1 aromatic rings. The summed E-state index contributed by atoms with van der Waals surface area (Å²) in [5.74, 6) is -1.12. The standard InChI is InChI=1S/C19H25F3N2O4/c1-18(2,3)28-17(26)24-10-6-8-14(12-24)16(25)23-11-13-7-4-5-9-15(13)27-19(20,21)22/h4-5,7,9,14H,6,8,10-12H2,1-3H3,(H,23,25). The second-order valence-corrected chi connectivity index (χ2v) is 7.64. The molecule has 1 aromatic carbocycles. The molecule has 2 amide bonds. The lowest BCUT2D eigenvalue weighted by molar-refractivity contribution is -0.274. The summed E-state index contributed by atoms with van der Waals surface area (Å²) in [6, 6.07) is 5.64. The minimum Gasteiger partial charge on any atom is -0.444 e. The average Bonchev–Trinajstić information content (AvgIpc) is 2.58. The fourth-order valence-corrected chi connectivity index (χ4v) is 2.88. The first-order valence-electron chi connectivity index (χ1n) is 9.04. The summed E-state index contributed by atoms with van der Waals surface area (Å²) in [6.45, 7) is 5.90. The predicted octanol–water partition coefficient (Wildman–Crippen LogP) is 3.85. The van der Waals surface area contributed by atoms with Gasteiger partial charge in [0.05, 0.1) is 5.92 Å². The number of rotatable bonds is 4. The number of ether oxygens (including phenoxy) is 2. The quantitative estimate of drug-likeness (QED) is 0.831. The number of nitrogens with zero attached hydrogens (tertiary/aromatic N) is 1. The summed E-state index contributed by atoms with van der Waals surface area (Å²) in [4.78, 5) is 26.1. The maximum atomic E-state index is 12.5. The lowest BCUT2D eigenvalue weighted by Gasteiger charge is -2.33. The maximum absolute atomic E-state index is 12.5. The van der Waals surface area contributed by atoms with Gasteiger partial charge in [-0.1, -0.05) is 18.2 Å². The minimum atomic E-state index is -4.81. The number of likely N-dealkylation sites (tertiary alicyclic amines) is 1. The Kier molecular flexibility index (Phi) is 6.79. The van der Waals surface area contributed by atoms with Gasteiger partial charge in [0.15, 0.2) is 0 Å². The molecule has 0 bridgehead atoms. The van der Waals surface area contributed by atoms with Crippen molar-refractivity contribution in [3.05, 3.63) is 29.8 Å². The van der Waals surface area contributed by atoms with Crippen LogP contribution in [0.2, 0.25) is 0 Å². The van der Waals surface area contributed by atoms with Crippen molar-refractivity contribution in [3.8, 4) is 5.75 Å². The molecular formula is C19H25F3N2O4. The van der Waals surface area contributed by atoms with E-state index in [1.54, 1.807) is 26.8 Å². The number of hydrogen-bond donors (Lipinski definition) is 1. The SMILES string of the molecule is CC(C)(C)OC(=O)N1CCCC(C(=O)NCc2ccccc2OC(F)(F)F)C1. The maximum Gasteiger partial charge on any atom is 0.573 e. The molecule has 1 heterocycles. The molecule has 9 heteroatoms. The highest BCUT2D eigenvalue weighted by Gasteiger charge is 2.33. The molecular weight excluding hydrogens is 377 g/mol. The van der Waals surface area contributed by atoms with Crippen LogP contribution in [0.4, 0.5) is 18.0 Å². The van der Waals surface area contributed by atoms with Crippen LogP contribution < -0.4 is 10.1 Å². The van der Waals surface area contributed by atoms with Gasteiger partial charge in [0.1, 0.15) is 11.4 Å². The van der Waals surface area contributed by atoms with E-state index in [0.29, 0.717) is 19.4 Å². The van der Waals surface area contributed by atoms with E-state index in [9.17, 15) is 22.8 Å². The second kappa shape index (κ2) is 8.70. The van der Waals surface area contributed by atoms with E-state index >= 15 is 0 Å². The number of para-hydroxylation sites is 1. The van der Waals surface area contributed by atoms with Crippen molar-refractivity contribution in [2.75, 3.05) is 13.1 Å². The van der Waals surface area contributed by atoms with Gasteiger partial charge >= 0.3 is 12.5 Å². The van der Waals surface area contributed by atoms with Crippen LogP contribution in [0.5, 0.6) is 5.75 Å². The van der Waals surface area contributed by atoms with E-state index in [4.69, 9.17) is 4.74 Å². The molecule has 6 nitrogen and oxygen atoms in total. The van der Waals surface area contributed by atoms with Gasteiger partial charge in [-0.05, 0) is 39.7 Å². The highest BCUT2D eigenvalue weighted by atomic mass is 19.4. The van der Waals surface area contributed by atoms with Crippen molar-refractivity contribution in [2.24, 2.45) is 5.92 Å². The van der Waals surface area contributed by atoms with Crippen molar-refractivity contribution >= 4 is 12.0 Å². The Hall–Kier alpha value is -2.45. The first-order chi connectivity index (χ1) is 12.9.